The molecule has 0 radical (unpaired) electrons. The van der Waals surface area contributed by atoms with Crippen molar-refractivity contribution in [2.24, 2.45) is 0 Å². The second-order valence-corrected chi connectivity index (χ2v) is 3.12. The highest BCUT2D eigenvalue weighted by atomic mass is 35.5. The van der Waals surface area contributed by atoms with Crippen LogP contribution in [0.2, 0.25) is 5.02 Å². The predicted molar refractivity (Wildman–Crippen MR) is 47.4 cm³/mol. The van der Waals surface area contributed by atoms with Crippen molar-refractivity contribution < 1.29 is 31.4 Å². The molecule has 0 bridgehead atoms. The lowest BCUT2D eigenvalue weighted by Crippen LogP contribution is -2.18. The first-order chi connectivity index (χ1) is 7.74. The first-order valence-electron chi connectivity index (χ1n) is 4.03. The van der Waals surface area contributed by atoms with E-state index >= 15 is 0 Å². The highest BCUT2D eigenvalue weighted by Crippen LogP contribution is 2.39. The van der Waals surface area contributed by atoms with Crippen LogP contribution in [-0.2, 0) is 0 Å². The van der Waals surface area contributed by atoms with Crippen LogP contribution in [0.15, 0.2) is 6.07 Å². The van der Waals surface area contributed by atoms with Crippen LogP contribution in [0.5, 0.6) is 11.6 Å². The molecule has 0 fully saturated rings. The highest BCUT2D eigenvalue weighted by Gasteiger charge is 2.34. The molecule has 0 saturated heterocycles. The van der Waals surface area contributed by atoms with E-state index in [9.17, 15) is 22.0 Å². The fraction of sp³-hybridized carbons (Fsp3) is 0.375. The van der Waals surface area contributed by atoms with E-state index in [0.29, 0.717) is 6.07 Å². The van der Waals surface area contributed by atoms with E-state index in [1.807, 2.05) is 0 Å². The predicted octanol–water partition coefficient (Wildman–Crippen LogP) is 3.58. The number of nitrogens with zero attached hydrogens (tertiary/aromatic N) is 1. The van der Waals surface area contributed by atoms with Gasteiger partial charge in [-0.25, -0.2) is 13.8 Å². The molecule has 0 aliphatic heterocycles. The fourth-order valence-corrected chi connectivity index (χ4v) is 1.19. The van der Waals surface area contributed by atoms with Gasteiger partial charge in [0, 0.05) is 0 Å². The Morgan fingerprint density at radius 3 is 2.35 bits per heavy atom. The molecule has 0 amide bonds. The number of methoxy groups -OCH3 is 1. The Hall–Kier alpha value is -1.31. The number of rotatable bonds is 3. The summed E-state index contributed by atoms with van der Waals surface area (Å²) in [5.41, 5.74) is -0.804. The lowest BCUT2D eigenvalue weighted by Gasteiger charge is -2.14. The lowest BCUT2D eigenvalue weighted by molar-refractivity contribution is -0.275. The van der Waals surface area contributed by atoms with E-state index in [4.69, 9.17) is 11.6 Å². The molecule has 96 valence electrons. The summed E-state index contributed by atoms with van der Waals surface area (Å²) in [4.78, 5) is 3.15. The summed E-state index contributed by atoms with van der Waals surface area (Å²) in [6.45, 7) is 0. The summed E-state index contributed by atoms with van der Waals surface area (Å²) in [6.07, 6.45) is -8.01. The van der Waals surface area contributed by atoms with Gasteiger partial charge >= 0.3 is 6.36 Å². The molecule has 0 atom stereocenters. The maximum atomic E-state index is 12.3. The van der Waals surface area contributed by atoms with Crippen LogP contribution >= 0.6 is 11.6 Å². The normalized spacial score (nSPS) is 11.8. The van der Waals surface area contributed by atoms with Crippen LogP contribution in [0, 0.1) is 0 Å². The number of aromatic nitrogens is 1. The largest absolute Gasteiger partial charge is 0.573 e. The molecule has 0 aliphatic rings. The summed E-state index contributed by atoms with van der Waals surface area (Å²) < 4.78 is 68.5. The number of hydrogen-bond donors (Lipinski definition) is 0. The number of hydrogen-bond acceptors (Lipinski definition) is 3. The molecule has 0 spiro atoms. The van der Waals surface area contributed by atoms with Crippen LogP contribution in [0.25, 0.3) is 0 Å². The molecule has 0 unspecified atom stereocenters. The van der Waals surface area contributed by atoms with Crippen molar-refractivity contribution in [3.05, 3.63) is 16.8 Å². The summed E-state index contributed by atoms with van der Waals surface area (Å²) in [7, 11) is 0.956. The third-order valence-corrected chi connectivity index (χ3v) is 1.83. The fourth-order valence-electron chi connectivity index (χ4n) is 0.956. The summed E-state index contributed by atoms with van der Waals surface area (Å²) in [5, 5.41) is -0.663. The standard InChI is InChI=1S/C8H5ClF5NO2/c1-16-7-5(17-8(12,13)14)3(9)2-4(15-7)6(10)11/h2,6H,1H3. The molecule has 9 heteroatoms. The van der Waals surface area contributed by atoms with Gasteiger partial charge in [0.2, 0.25) is 5.75 Å². The quantitative estimate of drug-likeness (QED) is 0.791. The summed E-state index contributed by atoms with van der Waals surface area (Å²) in [5.74, 6) is -1.71. The average molecular weight is 278 g/mol. The zero-order valence-electron chi connectivity index (χ0n) is 8.19. The molecule has 3 nitrogen and oxygen atoms in total. The van der Waals surface area contributed by atoms with E-state index in [1.165, 1.54) is 0 Å². The molecule has 1 aromatic rings. The third-order valence-electron chi connectivity index (χ3n) is 1.55. The van der Waals surface area contributed by atoms with E-state index in [0.717, 1.165) is 7.11 Å². The molecule has 0 aromatic carbocycles. The monoisotopic (exact) mass is 277 g/mol. The maximum absolute atomic E-state index is 12.3. The van der Waals surface area contributed by atoms with Gasteiger partial charge in [0.1, 0.15) is 5.69 Å². The minimum atomic E-state index is -5.02. The number of halogens is 6. The summed E-state index contributed by atoms with van der Waals surface area (Å²) >= 11 is 5.39. The maximum Gasteiger partial charge on any atom is 0.573 e. The molecule has 0 N–H and O–H groups in total. The molecule has 0 saturated carbocycles. The summed E-state index contributed by atoms with van der Waals surface area (Å²) in [6, 6.07) is 0.579. The number of ether oxygens (including phenoxy) is 2. The van der Waals surface area contributed by atoms with E-state index < -0.39 is 35.1 Å². The highest BCUT2D eigenvalue weighted by molar-refractivity contribution is 6.32. The Bertz CT molecular complexity index is 410. The van der Waals surface area contributed by atoms with Crippen molar-refractivity contribution in [3.63, 3.8) is 0 Å². The zero-order valence-corrected chi connectivity index (χ0v) is 8.94. The molecule has 1 aromatic heterocycles. The van der Waals surface area contributed by atoms with Gasteiger partial charge in [-0.2, -0.15) is 0 Å². The number of pyridine rings is 1. The Balaban J connectivity index is 3.21. The van der Waals surface area contributed by atoms with Crippen LogP contribution in [0.1, 0.15) is 12.1 Å². The van der Waals surface area contributed by atoms with Gasteiger partial charge in [-0.3, -0.25) is 0 Å². The van der Waals surface area contributed by atoms with E-state index in [1.54, 1.807) is 0 Å². The van der Waals surface area contributed by atoms with Gasteiger partial charge < -0.3 is 9.47 Å². The Labute approximate surface area is 97.1 Å². The minimum Gasteiger partial charge on any atom is -0.478 e. The number of alkyl halides is 5. The average Bonchev–Trinajstić information content (AvgIpc) is 2.18. The SMILES string of the molecule is COc1nc(C(F)F)cc(Cl)c1OC(F)(F)F. The van der Waals surface area contributed by atoms with E-state index in [2.05, 4.69) is 14.5 Å². The lowest BCUT2D eigenvalue weighted by atomic mass is 10.3. The molecular formula is C8H5ClF5NO2. The second-order valence-electron chi connectivity index (χ2n) is 2.72. The first-order valence-corrected chi connectivity index (χ1v) is 4.40. The topological polar surface area (TPSA) is 31.4 Å². The van der Waals surface area contributed by atoms with Crippen molar-refractivity contribution in [2.75, 3.05) is 7.11 Å². The first kappa shape index (κ1) is 13.8. The van der Waals surface area contributed by atoms with Gasteiger partial charge in [0.25, 0.3) is 12.3 Å². The van der Waals surface area contributed by atoms with Gasteiger partial charge in [-0.05, 0) is 6.07 Å². The van der Waals surface area contributed by atoms with Crippen molar-refractivity contribution in [3.8, 4) is 11.6 Å². The second kappa shape index (κ2) is 4.91. The van der Waals surface area contributed by atoms with Crippen LogP contribution in [-0.4, -0.2) is 18.5 Å². The van der Waals surface area contributed by atoms with Crippen molar-refractivity contribution >= 4 is 11.6 Å². The molecule has 1 rings (SSSR count). The molecule has 1 heterocycles. The smallest absolute Gasteiger partial charge is 0.478 e. The Morgan fingerprint density at radius 2 is 1.94 bits per heavy atom. The zero-order chi connectivity index (χ0) is 13.2. The third kappa shape index (κ3) is 3.58. The van der Waals surface area contributed by atoms with Crippen molar-refractivity contribution in [1.82, 2.24) is 4.98 Å². The molecule has 0 aliphatic carbocycles. The Morgan fingerprint density at radius 1 is 1.35 bits per heavy atom. The van der Waals surface area contributed by atoms with Gasteiger partial charge in [-0.15, -0.1) is 13.2 Å². The Kier molecular flexibility index (Phi) is 3.97. The van der Waals surface area contributed by atoms with Gasteiger partial charge in [-0.1, -0.05) is 11.6 Å². The minimum absolute atomic E-state index is 0.579. The van der Waals surface area contributed by atoms with Crippen LogP contribution < -0.4 is 9.47 Å². The van der Waals surface area contributed by atoms with Gasteiger partial charge in [0.15, 0.2) is 0 Å². The van der Waals surface area contributed by atoms with Crippen molar-refractivity contribution in [2.45, 2.75) is 12.8 Å². The molecule has 17 heavy (non-hydrogen) atoms. The van der Waals surface area contributed by atoms with Gasteiger partial charge in [0.05, 0.1) is 12.1 Å². The van der Waals surface area contributed by atoms with Crippen LogP contribution in [0.4, 0.5) is 22.0 Å². The van der Waals surface area contributed by atoms with Crippen LogP contribution in [0.3, 0.4) is 0 Å². The molecular weight excluding hydrogens is 273 g/mol. The van der Waals surface area contributed by atoms with Crippen molar-refractivity contribution in [1.29, 1.82) is 0 Å². The van der Waals surface area contributed by atoms with E-state index in [-0.39, 0.29) is 0 Å².